The highest BCUT2D eigenvalue weighted by molar-refractivity contribution is 7.11. The second-order valence-electron chi connectivity index (χ2n) is 4.11. The lowest BCUT2D eigenvalue weighted by atomic mass is 10.2. The van der Waals surface area contributed by atoms with Crippen molar-refractivity contribution in [3.05, 3.63) is 45.7 Å². The first-order valence-electron chi connectivity index (χ1n) is 5.74. The molecule has 2 rings (SSSR count). The Kier molecular flexibility index (Phi) is 3.86. The molecule has 0 aliphatic heterocycles. The molecule has 0 bridgehead atoms. The first-order valence-corrected chi connectivity index (χ1v) is 6.55. The van der Waals surface area contributed by atoms with Gasteiger partial charge in [-0.25, -0.2) is 4.98 Å². The average molecular weight is 247 g/mol. The van der Waals surface area contributed by atoms with Crippen LogP contribution in [-0.4, -0.2) is 9.97 Å². The van der Waals surface area contributed by atoms with Gasteiger partial charge in [-0.05, 0) is 32.9 Å². The standard InChI is InChI=1S/C13H17N3S/c1-9-11(3)17-13(16-9)8-15-10(2)12-6-4-5-7-14-12/h4-7,10,15H,8H2,1-3H3/t10-/m0/s1. The molecule has 4 heteroatoms. The molecule has 3 nitrogen and oxygen atoms in total. The summed E-state index contributed by atoms with van der Waals surface area (Å²) in [7, 11) is 0. The lowest BCUT2D eigenvalue weighted by Gasteiger charge is -2.11. The minimum absolute atomic E-state index is 0.251. The number of hydrogen-bond acceptors (Lipinski definition) is 4. The lowest BCUT2D eigenvalue weighted by molar-refractivity contribution is 0.560. The molecule has 17 heavy (non-hydrogen) atoms. The van der Waals surface area contributed by atoms with Gasteiger partial charge in [0.2, 0.25) is 0 Å². The Morgan fingerprint density at radius 1 is 1.35 bits per heavy atom. The highest BCUT2D eigenvalue weighted by atomic mass is 32.1. The molecule has 0 aliphatic rings. The van der Waals surface area contributed by atoms with Crippen LogP contribution >= 0.6 is 11.3 Å². The molecule has 0 radical (unpaired) electrons. The zero-order valence-corrected chi connectivity index (χ0v) is 11.2. The molecular weight excluding hydrogens is 230 g/mol. The summed E-state index contributed by atoms with van der Waals surface area (Å²) in [6, 6.07) is 6.23. The van der Waals surface area contributed by atoms with E-state index in [1.807, 2.05) is 24.4 Å². The first-order chi connectivity index (χ1) is 8.16. The molecule has 90 valence electrons. The monoisotopic (exact) mass is 247 g/mol. The minimum Gasteiger partial charge on any atom is -0.302 e. The number of hydrogen-bond donors (Lipinski definition) is 1. The highest BCUT2D eigenvalue weighted by Crippen LogP contribution is 2.17. The number of pyridine rings is 1. The van der Waals surface area contributed by atoms with Gasteiger partial charge in [0.15, 0.2) is 0 Å². The van der Waals surface area contributed by atoms with Crippen LogP contribution in [0.3, 0.4) is 0 Å². The number of aromatic nitrogens is 2. The smallest absolute Gasteiger partial charge is 0.107 e. The van der Waals surface area contributed by atoms with Gasteiger partial charge in [-0.1, -0.05) is 6.07 Å². The van der Waals surface area contributed by atoms with Crippen molar-refractivity contribution in [2.75, 3.05) is 0 Å². The van der Waals surface area contributed by atoms with Gasteiger partial charge < -0.3 is 5.32 Å². The van der Waals surface area contributed by atoms with E-state index in [2.05, 4.69) is 36.1 Å². The summed E-state index contributed by atoms with van der Waals surface area (Å²) < 4.78 is 0. The molecule has 0 saturated carbocycles. The third-order valence-electron chi connectivity index (χ3n) is 2.76. The van der Waals surface area contributed by atoms with Gasteiger partial charge >= 0.3 is 0 Å². The predicted molar refractivity (Wildman–Crippen MR) is 71.1 cm³/mol. The van der Waals surface area contributed by atoms with E-state index in [9.17, 15) is 0 Å². The lowest BCUT2D eigenvalue weighted by Crippen LogP contribution is -2.18. The largest absolute Gasteiger partial charge is 0.302 e. The van der Waals surface area contributed by atoms with E-state index >= 15 is 0 Å². The predicted octanol–water partition coefficient (Wildman–Crippen LogP) is 3.01. The van der Waals surface area contributed by atoms with Gasteiger partial charge in [-0.3, -0.25) is 4.98 Å². The van der Waals surface area contributed by atoms with E-state index in [-0.39, 0.29) is 6.04 Å². The Bertz CT molecular complexity index is 459. The van der Waals surface area contributed by atoms with Crippen LogP contribution in [0.5, 0.6) is 0 Å². The van der Waals surface area contributed by atoms with Crippen molar-refractivity contribution in [1.29, 1.82) is 0 Å². The Hall–Kier alpha value is -1.26. The molecule has 1 atom stereocenters. The summed E-state index contributed by atoms with van der Waals surface area (Å²) in [6.45, 7) is 7.09. The number of rotatable bonds is 4. The molecule has 0 unspecified atom stereocenters. The Morgan fingerprint density at radius 2 is 2.18 bits per heavy atom. The molecular formula is C13H17N3S. The topological polar surface area (TPSA) is 37.8 Å². The van der Waals surface area contributed by atoms with Crippen molar-refractivity contribution in [3.63, 3.8) is 0 Å². The average Bonchev–Trinajstić information content (AvgIpc) is 2.67. The normalized spacial score (nSPS) is 12.6. The van der Waals surface area contributed by atoms with Crippen LogP contribution in [0.1, 0.15) is 34.2 Å². The van der Waals surface area contributed by atoms with Crippen molar-refractivity contribution in [2.24, 2.45) is 0 Å². The fourth-order valence-corrected chi connectivity index (χ4v) is 2.48. The van der Waals surface area contributed by atoms with E-state index < -0.39 is 0 Å². The van der Waals surface area contributed by atoms with E-state index in [4.69, 9.17) is 0 Å². The summed E-state index contributed by atoms with van der Waals surface area (Å²) in [5.74, 6) is 0. The second-order valence-corrected chi connectivity index (χ2v) is 5.39. The Balaban J connectivity index is 1.94. The summed E-state index contributed by atoms with van der Waals surface area (Å²) in [4.78, 5) is 10.1. The van der Waals surface area contributed by atoms with Gasteiger partial charge in [-0.15, -0.1) is 11.3 Å². The number of thiazole rings is 1. The van der Waals surface area contributed by atoms with Crippen LogP contribution in [0.25, 0.3) is 0 Å². The maximum atomic E-state index is 4.51. The van der Waals surface area contributed by atoms with Crippen molar-refractivity contribution >= 4 is 11.3 Å². The molecule has 1 N–H and O–H groups in total. The molecule has 0 spiro atoms. The van der Waals surface area contributed by atoms with Crippen molar-refractivity contribution in [3.8, 4) is 0 Å². The van der Waals surface area contributed by atoms with Crippen LogP contribution in [0, 0.1) is 13.8 Å². The first kappa shape index (κ1) is 12.2. The van der Waals surface area contributed by atoms with Gasteiger partial charge in [0.05, 0.1) is 11.4 Å². The maximum Gasteiger partial charge on any atom is 0.107 e. The van der Waals surface area contributed by atoms with E-state index in [1.54, 1.807) is 11.3 Å². The maximum absolute atomic E-state index is 4.51. The second kappa shape index (κ2) is 5.38. The molecule has 0 fully saturated rings. The highest BCUT2D eigenvalue weighted by Gasteiger charge is 2.08. The summed E-state index contributed by atoms with van der Waals surface area (Å²) in [5.41, 5.74) is 2.20. The van der Waals surface area contributed by atoms with Crippen LogP contribution in [0.4, 0.5) is 0 Å². The molecule has 2 heterocycles. The SMILES string of the molecule is Cc1nc(CN[C@@H](C)c2ccccn2)sc1C. The molecule has 2 aromatic rings. The third kappa shape index (κ3) is 3.11. The fourth-order valence-electron chi connectivity index (χ4n) is 1.59. The van der Waals surface area contributed by atoms with Crippen LogP contribution in [0.2, 0.25) is 0 Å². The summed E-state index contributed by atoms with van der Waals surface area (Å²) >= 11 is 1.76. The number of nitrogens with zero attached hydrogens (tertiary/aromatic N) is 2. The van der Waals surface area contributed by atoms with Gasteiger partial charge in [0.1, 0.15) is 5.01 Å². The van der Waals surface area contributed by atoms with Crippen molar-refractivity contribution in [1.82, 2.24) is 15.3 Å². The van der Waals surface area contributed by atoms with E-state index in [1.165, 1.54) is 4.88 Å². The van der Waals surface area contributed by atoms with Crippen molar-refractivity contribution in [2.45, 2.75) is 33.4 Å². The number of aryl methyl sites for hydroxylation is 2. The minimum atomic E-state index is 0.251. The zero-order valence-electron chi connectivity index (χ0n) is 10.4. The zero-order chi connectivity index (χ0) is 12.3. The van der Waals surface area contributed by atoms with Gasteiger partial charge in [0, 0.05) is 23.7 Å². The third-order valence-corrected chi connectivity index (χ3v) is 3.84. The fraction of sp³-hybridized carbons (Fsp3) is 0.385. The van der Waals surface area contributed by atoms with Gasteiger partial charge in [0.25, 0.3) is 0 Å². The van der Waals surface area contributed by atoms with Crippen molar-refractivity contribution < 1.29 is 0 Å². The molecule has 0 amide bonds. The Labute approximate surface area is 106 Å². The van der Waals surface area contributed by atoms with Gasteiger partial charge in [-0.2, -0.15) is 0 Å². The summed E-state index contributed by atoms with van der Waals surface area (Å²) in [6.07, 6.45) is 1.82. The quantitative estimate of drug-likeness (QED) is 0.902. The molecule has 0 saturated heterocycles. The summed E-state index contributed by atoms with van der Waals surface area (Å²) in [5, 5.41) is 4.58. The number of nitrogens with one attached hydrogen (secondary N) is 1. The Morgan fingerprint density at radius 3 is 2.76 bits per heavy atom. The molecule has 0 aromatic carbocycles. The van der Waals surface area contributed by atoms with E-state index in [0.717, 1.165) is 22.9 Å². The van der Waals surface area contributed by atoms with Crippen LogP contribution in [-0.2, 0) is 6.54 Å². The molecule has 0 aliphatic carbocycles. The molecule has 2 aromatic heterocycles. The van der Waals surface area contributed by atoms with Crippen LogP contribution in [0.15, 0.2) is 24.4 Å². The van der Waals surface area contributed by atoms with E-state index in [0.29, 0.717) is 0 Å². The van der Waals surface area contributed by atoms with Crippen LogP contribution < -0.4 is 5.32 Å².